The minimum atomic E-state index is 0.806. The van der Waals surface area contributed by atoms with Crippen molar-refractivity contribution in [2.24, 2.45) is 0 Å². The number of hydrogen-bond donors (Lipinski definition) is 0. The molecule has 0 fully saturated rings. The molecule has 1 rings (SSSR count). The summed E-state index contributed by atoms with van der Waals surface area (Å²) >= 11 is 0. The van der Waals surface area contributed by atoms with E-state index in [9.17, 15) is 0 Å². The van der Waals surface area contributed by atoms with Gasteiger partial charge in [0.1, 0.15) is 18.8 Å². The van der Waals surface area contributed by atoms with Gasteiger partial charge >= 0.3 is 0 Å². The molecule has 0 amide bonds. The van der Waals surface area contributed by atoms with Crippen LogP contribution in [0.25, 0.3) is 0 Å². The SMILES string of the molecule is CC[N+]1=CCCC1C. The summed E-state index contributed by atoms with van der Waals surface area (Å²) in [4.78, 5) is 0. The normalized spacial score (nSPS) is 28.2. The molecule has 0 N–H and O–H groups in total. The van der Waals surface area contributed by atoms with Crippen LogP contribution in [0.3, 0.4) is 0 Å². The van der Waals surface area contributed by atoms with Crippen LogP contribution < -0.4 is 0 Å². The molecular formula is C7H14N+. The van der Waals surface area contributed by atoms with E-state index in [1.54, 1.807) is 0 Å². The Balaban J connectivity index is 2.49. The van der Waals surface area contributed by atoms with Crippen LogP contribution >= 0.6 is 0 Å². The zero-order valence-corrected chi connectivity index (χ0v) is 5.72. The van der Waals surface area contributed by atoms with Crippen LogP contribution in [-0.2, 0) is 0 Å². The summed E-state index contributed by atoms with van der Waals surface area (Å²) in [7, 11) is 0. The predicted molar refractivity (Wildman–Crippen MR) is 35.6 cm³/mol. The Hall–Kier alpha value is -0.330. The van der Waals surface area contributed by atoms with Gasteiger partial charge in [-0.15, -0.1) is 0 Å². The smallest absolute Gasteiger partial charge is 0.150 e. The topological polar surface area (TPSA) is 3.01 Å². The average Bonchev–Trinajstić information content (AvgIpc) is 2.14. The third-order valence-electron chi connectivity index (χ3n) is 1.88. The molecule has 0 saturated heterocycles. The van der Waals surface area contributed by atoms with Crippen molar-refractivity contribution < 1.29 is 4.58 Å². The summed E-state index contributed by atoms with van der Waals surface area (Å²) in [6.07, 6.45) is 4.95. The van der Waals surface area contributed by atoms with Crippen molar-refractivity contribution in [3.63, 3.8) is 0 Å². The lowest BCUT2D eigenvalue weighted by Gasteiger charge is -1.99. The highest BCUT2D eigenvalue weighted by molar-refractivity contribution is 5.52. The average molecular weight is 112 g/mol. The van der Waals surface area contributed by atoms with Crippen molar-refractivity contribution in [2.75, 3.05) is 6.54 Å². The Morgan fingerprint density at radius 1 is 1.75 bits per heavy atom. The van der Waals surface area contributed by atoms with Crippen LogP contribution in [0.1, 0.15) is 26.7 Å². The lowest BCUT2D eigenvalue weighted by Crippen LogP contribution is -2.17. The first kappa shape index (κ1) is 5.80. The maximum Gasteiger partial charge on any atom is 0.150 e. The number of hydrogen-bond acceptors (Lipinski definition) is 0. The molecule has 1 unspecified atom stereocenters. The molecule has 1 heteroatoms. The van der Waals surface area contributed by atoms with Gasteiger partial charge in [-0.2, -0.15) is 0 Å². The maximum absolute atomic E-state index is 2.40. The summed E-state index contributed by atoms with van der Waals surface area (Å²) in [6.45, 7) is 5.67. The maximum atomic E-state index is 2.40. The molecule has 1 aliphatic rings. The number of nitrogens with zero attached hydrogens (tertiary/aromatic N) is 1. The second-order valence-electron chi connectivity index (χ2n) is 2.44. The Morgan fingerprint density at radius 2 is 2.50 bits per heavy atom. The molecule has 0 aromatic carbocycles. The van der Waals surface area contributed by atoms with Crippen molar-refractivity contribution in [2.45, 2.75) is 32.7 Å². The fourth-order valence-corrected chi connectivity index (χ4v) is 1.27. The van der Waals surface area contributed by atoms with Gasteiger partial charge in [0.05, 0.1) is 0 Å². The quantitative estimate of drug-likeness (QED) is 0.449. The highest BCUT2D eigenvalue weighted by Crippen LogP contribution is 2.05. The Morgan fingerprint density at radius 3 is 2.75 bits per heavy atom. The predicted octanol–water partition coefficient (Wildman–Crippen LogP) is 1.27. The molecule has 0 saturated carbocycles. The van der Waals surface area contributed by atoms with E-state index in [-0.39, 0.29) is 0 Å². The first-order chi connectivity index (χ1) is 3.84. The molecule has 46 valence electrons. The Bertz CT molecular complexity index is 105. The van der Waals surface area contributed by atoms with E-state index in [4.69, 9.17) is 0 Å². The third kappa shape index (κ3) is 0.908. The van der Waals surface area contributed by atoms with E-state index >= 15 is 0 Å². The van der Waals surface area contributed by atoms with Gasteiger partial charge in [-0.1, -0.05) is 0 Å². The minimum Gasteiger partial charge on any atom is -0.238 e. The highest BCUT2D eigenvalue weighted by atomic mass is 15.0. The van der Waals surface area contributed by atoms with Gasteiger partial charge in [0, 0.05) is 12.8 Å². The second-order valence-corrected chi connectivity index (χ2v) is 2.44. The Labute approximate surface area is 51.0 Å². The molecule has 0 bridgehead atoms. The lowest BCUT2D eigenvalue weighted by atomic mass is 10.2. The summed E-state index contributed by atoms with van der Waals surface area (Å²) in [6, 6.07) is 0.806. The molecule has 0 spiro atoms. The van der Waals surface area contributed by atoms with Crippen molar-refractivity contribution in [1.29, 1.82) is 0 Å². The van der Waals surface area contributed by atoms with E-state index in [2.05, 4.69) is 24.6 Å². The van der Waals surface area contributed by atoms with Gasteiger partial charge in [-0.05, 0) is 13.8 Å². The molecule has 0 aliphatic carbocycles. The molecule has 1 aliphatic heterocycles. The molecule has 1 nitrogen and oxygen atoms in total. The number of rotatable bonds is 1. The summed E-state index contributed by atoms with van der Waals surface area (Å²) in [5, 5.41) is 0. The van der Waals surface area contributed by atoms with Crippen LogP contribution in [0.2, 0.25) is 0 Å². The highest BCUT2D eigenvalue weighted by Gasteiger charge is 2.17. The molecule has 1 atom stereocenters. The van der Waals surface area contributed by atoms with E-state index < -0.39 is 0 Å². The summed E-state index contributed by atoms with van der Waals surface area (Å²) in [5.74, 6) is 0. The second kappa shape index (κ2) is 2.29. The molecule has 1 heterocycles. The van der Waals surface area contributed by atoms with E-state index in [0.29, 0.717) is 0 Å². The summed E-state index contributed by atoms with van der Waals surface area (Å²) in [5.41, 5.74) is 0. The fourth-order valence-electron chi connectivity index (χ4n) is 1.27. The molecule has 0 radical (unpaired) electrons. The molecule has 8 heavy (non-hydrogen) atoms. The van der Waals surface area contributed by atoms with Crippen molar-refractivity contribution in [3.8, 4) is 0 Å². The van der Waals surface area contributed by atoms with Crippen LogP contribution in [0.5, 0.6) is 0 Å². The molecule has 0 aromatic heterocycles. The van der Waals surface area contributed by atoms with Gasteiger partial charge in [0.2, 0.25) is 0 Å². The van der Waals surface area contributed by atoms with E-state index in [1.807, 2.05) is 0 Å². The van der Waals surface area contributed by atoms with Crippen LogP contribution in [0.15, 0.2) is 0 Å². The van der Waals surface area contributed by atoms with Crippen molar-refractivity contribution >= 4 is 6.21 Å². The first-order valence-corrected chi connectivity index (χ1v) is 3.43. The van der Waals surface area contributed by atoms with Gasteiger partial charge in [0.15, 0.2) is 0 Å². The van der Waals surface area contributed by atoms with E-state index in [1.165, 1.54) is 19.4 Å². The van der Waals surface area contributed by atoms with Gasteiger partial charge < -0.3 is 0 Å². The zero-order valence-electron chi connectivity index (χ0n) is 5.72. The monoisotopic (exact) mass is 112 g/mol. The lowest BCUT2D eigenvalue weighted by molar-refractivity contribution is -0.547. The van der Waals surface area contributed by atoms with Crippen molar-refractivity contribution in [1.82, 2.24) is 0 Å². The molecular weight excluding hydrogens is 98.1 g/mol. The van der Waals surface area contributed by atoms with E-state index in [0.717, 1.165) is 6.04 Å². The molecule has 0 aromatic rings. The Kier molecular flexibility index (Phi) is 1.66. The van der Waals surface area contributed by atoms with Crippen LogP contribution in [0.4, 0.5) is 0 Å². The van der Waals surface area contributed by atoms with Gasteiger partial charge in [-0.25, -0.2) is 4.58 Å². The minimum absolute atomic E-state index is 0.806. The van der Waals surface area contributed by atoms with Gasteiger partial charge in [0.25, 0.3) is 0 Å². The third-order valence-corrected chi connectivity index (χ3v) is 1.88. The van der Waals surface area contributed by atoms with Crippen LogP contribution in [-0.4, -0.2) is 23.4 Å². The fraction of sp³-hybridized carbons (Fsp3) is 0.857. The standard InChI is InChI=1S/C7H14N/c1-3-8-6-4-5-7(8)2/h6-7H,3-5H2,1-2H3/q+1. The first-order valence-electron chi connectivity index (χ1n) is 3.43. The van der Waals surface area contributed by atoms with Gasteiger partial charge in [-0.3, -0.25) is 0 Å². The zero-order chi connectivity index (χ0) is 5.98. The van der Waals surface area contributed by atoms with Crippen LogP contribution in [0, 0.1) is 0 Å². The largest absolute Gasteiger partial charge is 0.238 e. The summed E-state index contributed by atoms with van der Waals surface area (Å²) < 4.78 is 2.40. The van der Waals surface area contributed by atoms with Crippen molar-refractivity contribution in [3.05, 3.63) is 0 Å².